The normalized spacial score (nSPS) is 24.3. The highest BCUT2D eigenvalue weighted by Gasteiger charge is 2.43. The standard InChI is InChI=1S/C13H24N2O3/c1-5-8-15-10(6-7-11(16)17)12(18)14(4)9-13(15,2)3/h10H,5-9H2,1-4H3,(H,16,17). The highest BCUT2D eigenvalue weighted by Crippen LogP contribution is 2.27. The second kappa shape index (κ2) is 5.69. The molecule has 104 valence electrons. The van der Waals surface area contributed by atoms with Gasteiger partial charge in [0, 0.05) is 25.6 Å². The zero-order chi connectivity index (χ0) is 13.9. The Bertz CT molecular complexity index is 328. The van der Waals surface area contributed by atoms with E-state index in [9.17, 15) is 9.59 Å². The Morgan fingerprint density at radius 1 is 1.50 bits per heavy atom. The van der Waals surface area contributed by atoms with Crippen LogP contribution in [0.1, 0.15) is 40.0 Å². The molecule has 0 spiro atoms. The minimum atomic E-state index is -0.842. The van der Waals surface area contributed by atoms with E-state index in [0.717, 1.165) is 13.0 Å². The van der Waals surface area contributed by atoms with Gasteiger partial charge in [0.05, 0.1) is 6.04 Å². The summed E-state index contributed by atoms with van der Waals surface area (Å²) in [6, 6.07) is -0.296. The fourth-order valence-electron chi connectivity index (χ4n) is 2.80. The zero-order valence-corrected chi connectivity index (χ0v) is 11.8. The van der Waals surface area contributed by atoms with E-state index >= 15 is 0 Å². The third-order valence-electron chi connectivity index (χ3n) is 3.54. The summed E-state index contributed by atoms with van der Waals surface area (Å²) in [4.78, 5) is 26.8. The minimum Gasteiger partial charge on any atom is -0.481 e. The molecule has 1 amide bonds. The van der Waals surface area contributed by atoms with Gasteiger partial charge in [-0.15, -0.1) is 0 Å². The number of aliphatic carboxylic acids is 1. The number of rotatable bonds is 5. The maximum Gasteiger partial charge on any atom is 0.303 e. The number of hydrogen-bond acceptors (Lipinski definition) is 3. The van der Waals surface area contributed by atoms with Gasteiger partial charge in [-0.1, -0.05) is 6.92 Å². The fourth-order valence-corrected chi connectivity index (χ4v) is 2.80. The average Bonchev–Trinajstić information content (AvgIpc) is 2.24. The topological polar surface area (TPSA) is 60.9 Å². The summed E-state index contributed by atoms with van der Waals surface area (Å²) in [6.07, 6.45) is 1.40. The molecule has 1 N–H and O–H groups in total. The molecular weight excluding hydrogens is 232 g/mol. The van der Waals surface area contributed by atoms with Crippen LogP contribution >= 0.6 is 0 Å². The Hall–Kier alpha value is -1.10. The van der Waals surface area contributed by atoms with E-state index < -0.39 is 5.97 Å². The van der Waals surface area contributed by atoms with Gasteiger partial charge in [0.2, 0.25) is 5.91 Å². The van der Waals surface area contributed by atoms with Crippen molar-refractivity contribution in [3.8, 4) is 0 Å². The van der Waals surface area contributed by atoms with Gasteiger partial charge in [0.15, 0.2) is 0 Å². The second-order valence-corrected chi connectivity index (χ2v) is 5.65. The maximum absolute atomic E-state index is 12.2. The number of carboxylic acids is 1. The third-order valence-corrected chi connectivity index (χ3v) is 3.54. The summed E-state index contributed by atoms with van der Waals surface area (Å²) < 4.78 is 0. The molecule has 5 heteroatoms. The molecule has 1 rings (SSSR count). The van der Waals surface area contributed by atoms with Gasteiger partial charge < -0.3 is 10.0 Å². The molecule has 1 unspecified atom stereocenters. The van der Waals surface area contributed by atoms with E-state index in [1.165, 1.54) is 0 Å². The quantitative estimate of drug-likeness (QED) is 0.802. The molecule has 1 aliphatic rings. The lowest BCUT2D eigenvalue weighted by atomic mass is 9.92. The van der Waals surface area contributed by atoms with Crippen LogP contribution < -0.4 is 0 Å². The summed E-state index contributed by atoms with van der Waals surface area (Å²) in [5.41, 5.74) is -0.0954. The van der Waals surface area contributed by atoms with E-state index in [2.05, 4.69) is 25.7 Å². The van der Waals surface area contributed by atoms with E-state index in [1.54, 1.807) is 11.9 Å². The van der Waals surface area contributed by atoms with Crippen LogP contribution in [-0.4, -0.2) is 58.5 Å². The van der Waals surface area contributed by atoms with Gasteiger partial charge in [0.25, 0.3) is 0 Å². The number of carbonyl (C=O) groups excluding carboxylic acids is 1. The highest BCUT2D eigenvalue weighted by atomic mass is 16.4. The Morgan fingerprint density at radius 2 is 2.11 bits per heavy atom. The SMILES string of the molecule is CCCN1C(CCC(=O)O)C(=O)N(C)CC1(C)C. The van der Waals surface area contributed by atoms with Gasteiger partial charge in [-0.05, 0) is 33.2 Å². The van der Waals surface area contributed by atoms with Crippen molar-refractivity contribution in [3.63, 3.8) is 0 Å². The molecule has 1 fully saturated rings. The molecule has 0 aromatic rings. The first-order chi connectivity index (χ1) is 8.29. The van der Waals surface area contributed by atoms with Crippen LogP contribution in [-0.2, 0) is 9.59 Å². The van der Waals surface area contributed by atoms with Crippen molar-refractivity contribution in [1.82, 2.24) is 9.80 Å². The first kappa shape index (κ1) is 15.0. The molecule has 0 aromatic carbocycles. The minimum absolute atomic E-state index is 0.0422. The highest BCUT2D eigenvalue weighted by molar-refractivity contribution is 5.83. The first-order valence-corrected chi connectivity index (χ1v) is 6.53. The molecule has 5 nitrogen and oxygen atoms in total. The second-order valence-electron chi connectivity index (χ2n) is 5.65. The largest absolute Gasteiger partial charge is 0.481 e. The molecular formula is C13H24N2O3. The van der Waals surface area contributed by atoms with E-state index in [1.807, 2.05) is 0 Å². The van der Waals surface area contributed by atoms with Crippen LogP contribution in [0.15, 0.2) is 0 Å². The molecule has 0 bridgehead atoms. The van der Waals surface area contributed by atoms with Crippen molar-refractivity contribution in [2.45, 2.75) is 51.6 Å². The van der Waals surface area contributed by atoms with Crippen LogP contribution in [0.2, 0.25) is 0 Å². The van der Waals surface area contributed by atoms with Crippen molar-refractivity contribution in [2.24, 2.45) is 0 Å². The van der Waals surface area contributed by atoms with Gasteiger partial charge in [-0.2, -0.15) is 0 Å². The zero-order valence-electron chi connectivity index (χ0n) is 11.8. The van der Waals surface area contributed by atoms with Crippen LogP contribution in [0, 0.1) is 0 Å². The van der Waals surface area contributed by atoms with Crippen molar-refractivity contribution in [3.05, 3.63) is 0 Å². The van der Waals surface area contributed by atoms with Gasteiger partial charge >= 0.3 is 5.97 Å². The van der Waals surface area contributed by atoms with Crippen LogP contribution in [0.3, 0.4) is 0 Å². The molecule has 1 atom stereocenters. The number of carboxylic acid groups (broad SMARTS) is 1. The average molecular weight is 256 g/mol. The molecule has 1 saturated heterocycles. The number of hydrogen-bond donors (Lipinski definition) is 1. The summed E-state index contributed by atoms with van der Waals surface area (Å²) in [5, 5.41) is 8.80. The molecule has 0 aliphatic carbocycles. The Labute approximate surface area is 109 Å². The van der Waals surface area contributed by atoms with Crippen LogP contribution in [0.4, 0.5) is 0 Å². The molecule has 1 heterocycles. The molecule has 0 saturated carbocycles. The number of nitrogens with zero attached hydrogens (tertiary/aromatic N) is 2. The summed E-state index contributed by atoms with van der Waals surface area (Å²) >= 11 is 0. The van der Waals surface area contributed by atoms with E-state index in [4.69, 9.17) is 5.11 Å². The third kappa shape index (κ3) is 3.22. The summed E-state index contributed by atoms with van der Waals surface area (Å²) in [5.74, 6) is -0.797. The summed E-state index contributed by atoms with van der Waals surface area (Å²) in [7, 11) is 1.79. The lowest BCUT2D eigenvalue weighted by molar-refractivity contribution is -0.149. The number of carbonyl (C=O) groups is 2. The Balaban J connectivity index is 2.89. The van der Waals surface area contributed by atoms with E-state index in [-0.39, 0.29) is 23.9 Å². The van der Waals surface area contributed by atoms with Gasteiger partial charge in [0.1, 0.15) is 0 Å². The van der Waals surface area contributed by atoms with Gasteiger partial charge in [-0.25, -0.2) is 0 Å². The lowest BCUT2D eigenvalue weighted by Crippen LogP contribution is -2.65. The predicted molar refractivity (Wildman–Crippen MR) is 69.4 cm³/mol. The van der Waals surface area contributed by atoms with Crippen molar-refractivity contribution < 1.29 is 14.7 Å². The smallest absolute Gasteiger partial charge is 0.303 e. The van der Waals surface area contributed by atoms with Gasteiger partial charge in [-0.3, -0.25) is 14.5 Å². The monoisotopic (exact) mass is 256 g/mol. The first-order valence-electron chi connectivity index (χ1n) is 6.53. The van der Waals surface area contributed by atoms with Crippen LogP contribution in [0.25, 0.3) is 0 Å². The number of piperazine rings is 1. The molecule has 0 radical (unpaired) electrons. The van der Waals surface area contributed by atoms with E-state index in [0.29, 0.717) is 13.0 Å². The van der Waals surface area contributed by atoms with Crippen molar-refractivity contribution in [2.75, 3.05) is 20.1 Å². The molecule has 18 heavy (non-hydrogen) atoms. The summed E-state index contributed by atoms with van der Waals surface area (Å²) in [6.45, 7) is 7.82. The molecule has 0 aromatic heterocycles. The number of amides is 1. The fraction of sp³-hybridized carbons (Fsp3) is 0.846. The lowest BCUT2D eigenvalue weighted by Gasteiger charge is -2.50. The van der Waals surface area contributed by atoms with Crippen molar-refractivity contribution in [1.29, 1.82) is 0 Å². The van der Waals surface area contributed by atoms with Crippen LogP contribution in [0.5, 0.6) is 0 Å². The predicted octanol–water partition coefficient (Wildman–Crippen LogP) is 1.18. The Morgan fingerprint density at radius 3 is 2.61 bits per heavy atom. The molecule has 1 aliphatic heterocycles. The van der Waals surface area contributed by atoms with Crippen molar-refractivity contribution >= 4 is 11.9 Å². The number of likely N-dealkylation sites (N-methyl/N-ethyl adjacent to an activating group) is 1. The Kier molecular flexibility index (Phi) is 4.73. The maximum atomic E-state index is 12.2.